The second kappa shape index (κ2) is 10.3. The number of benzene rings is 3. The van der Waals surface area contributed by atoms with Crippen molar-refractivity contribution in [3.63, 3.8) is 0 Å². The first-order valence-corrected chi connectivity index (χ1v) is 14.4. The van der Waals surface area contributed by atoms with Gasteiger partial charge in [0.15, 0.2) is 0 Å². The highest BCUT2D eigenvalue weighted by atomic mass is 16.5. The molecule has 3 aliphatic carbocycles. The molecular formula is C37H38O3. The van der Waals surface area contributed by atoms with Crippen molar-refractivity contribution in [2.45, 2.75) is 57.5 Å². The predicted molar refractivity (Wildman–Crippen MR) is 161 cm³/mol. The van der Waals surface area contributed by atoms with Crippen LogP contribution in [0.15, 0.2) is 109 Å². The third kappa shape index (κ3) is 4.94. The smallest absolute Gasteiger partial charge is 0.314 e. The maximum atomic E-state index is 13.1. The van der Waals surface area contributed by atoms with Gasteiger partial charge in [0, 0.05) is 16.4 Å². The van der Waals surface area contributed by atoms with Gasteiger partial charge in [0.1, 0.15) is 17.6 Å². The number of ether oxygens (including phenoxy) is 2. The van der Waals surface area contributed by atoms with Crippen molar-refractivity contribution < 1.29 is 14.3 Å². The van der Waals surface area contributed by atoms with E-state index in [9.17, 15) is 4.79 Å². The zero-order valence-electron chi connectivity index (χ0n) is 23.8. The van der Waals surface area contributed by atoms with Crippen molar-refractivity contribution >= 4 is 5.97 Å². The summed E-state index contributed by atoms with van der Waals surface area (Å²) in [4.78, 5) is 13.1. The average Bonchev–Trinajstić information content (AvgIpc) is 3.73. The van der Waals surface area contributed by atoms with E-state index in [4.69, 9.17) is 9.47 Å². The zero-order valence-corrected chi connectivity index (χ0v) is 23.8. The molecule has 0 radical (unpaired) electrons. The van der Waals surface area contributed by atoms with Gasteiger partial charge in [-0.05, 0) is 71.7 Å². The Morgan fingerprint density at radius 1 is 0.700 bits per heavy atom. The Morgan fingerprint density at radius 2 is 1.30 bits per heavy atom. The Bertz CT molecular complexity index is 1460. The third-order valence-electron chi connectivity index (χ3n) is 9.24. The van der Waals surface area contributed by atoms with Crippen LogP contribution in [0.4, 0.5) is 0 Å². The molecule has 0 amide bonds. The Morgan fingerprint density at radius 3 is 1.90 bits per heavy atom. The van der Waals surface area contributed by atoms with Gasteiger partial charge in [-0.2, -0.15) is 0 Å². The maximum Gasteiger partial charge on any atom is 0.314 e. The minimum absolute atomic E-state index is 0.0124. The first kappa shape index (κ1) is 26.4. The van der Waals surface area contributed by atoms with Crippen molar-refractivity contribution in [2.24, 2.45) is 17.8 Å². The SMILES string of the molecule is CC(C)(c1ccc(OC2C=CC=C2)cc1)c1ccc(C(C)(C)c2ccccc2OC(=O)C2CC3C=CC2C3)cc1. The predicted octanol–water partition coefficient (Wildman–Crippen LogP) is 8.33. The molecule has 3 heteroatoms. The van der Waals surface area contributed by atoms with Crippen LogP contribution in [-0.4, -0.2) is 12.1 Å². The third-order valence-corrected chi connectivity index (χ3v) is 9.24. The summed E-state index contributed by atoms with van der Waals surface area (Å²) in [5.74, 6) is 2.29. The van der Waals surface area contributed by atoms with Crippen LogP contribution in [0.1, 0.15) is 62.8 Å². The highest BCUT2D eigenvalue weighted by Gasteiger charge is 2.41. The molecule has 3 nitrogen and oxygen atoms in total. The van der Waals surface area contributed by atoms with Gasteiger partial charge < -0.3 is 9.47 Å². The minimum Gasteiger partial charge on any atom is -0.482 e. The van der Waals surface area contributed by atoms with Gasteiger partial charge in [-0.3, -0.25) is 4.79 Å². The van der Waals surface area contributed by atoms with E-state index in [-0.39, 0.29) is 28.8 Å². The molecule has 0 aliphatic heterocycles. The zero-order chi connectivity index (χ0) is 27.9. The van der Waals surface area contributed by atoms with Crippen molar-refractivity contribution in [1.29, 1.82) is 0 Å². The molecule has 6 rings (SSSR count). The first-order chi connectivity index (χ1) is 19.2. The summed E-state index contributed by atoms with van der Waals surface area (Å²) in [6.45, 7) is 8.91. The van der Waals surface area contributed by atoms with E-state index >= 15 is 0 Å². The minimum atomic E-state index is -0.337. The van der Waals surface area contributed by atoms with Gasteiger partial charge in [0.2, 0.25) is 0 Å². The monoisotopic (exact) mass is 530 g/mol. The Hall–Kier alpha value is -3.85. The fourth-order valence-corrected chi connectivity index (χ4v) is 6.53. The molecule has 1 fully saturated rings. The lowest BCUT2D eigenvalue weighted by molar-refractivity contribution is -0.139. The molecule has 3 aromatic carbocycles. The largest absolute Gasteiger partial charge is 0.482 e. The van der Waals surface area contributed by atoms with Crippen LogP contribution in [-0.2, 0) is 15.6 Å². The van der Waals surface area contributed by atoms with Crippen molar-refractivity contribution in [2.75, 3.05) is 0 Å². The number of allylic oxidation sites excluding steroid dienone is 4. The fourth-order valence-electron chi connectivity index (χ4n) is 6.53. The molecule has 3 aliphatic rings. The standard InChI is InChI=1S/C37H38O3/c1-36(2,28-19-21-31(22-20-28)39-30-9-5-6-10-30)27-15-17-29(18-16-27)37(3,4)33-11-7-8-12-34(33)40-35(38)32-24-25-13-14-26(32)23-25/h5-22,25-26,30,32H,23-24H2,1-4H3. The highest BCUT2D eigenvalue weighted by Crippen LogP contribution is 2.45. The molecule has 0 aromatic heterocycles. The van der Waals surface area contributed by atoms with E-state index in [0.717, 1.165) is 24.2 Å². The summed E-state index contributed by atoms with van der Waals surface area (Å²) >= 11 is 0. The summed E-state index contributed by atoms with van der Waals surface area (Å²) in [5, 5.41) is 0. The highest BCUT2D eigenvalue weighted by molar-refractivity contribution is 5.77. The molecule has 0 saturated heterocycles. The lowest BCUT2D eigenvalue weighted by atomic mass is 9.74. The van der Waals surface area contributed by atoms with E-state index in [1.165, 1.54) is 16.7 Å². The Kier molecular flexibility index (Phi) is 6.78. The summed E-state index contributed by atoms with van der Waals surface area (Å²) < 4.78 is 12.1. The molecule has 0 N–H and O–H groups in total. The van der Waals surface area contributed by atoms with Gasteiger partial charge >= 0.3 is 5.97 Å². The summed E-state index contributed by atoms with van der Waals surface area (Å²) in [7, 11) is 0. The normalized spacial score (nSPS) is 21.8. The molecule has 204 valence electrons. The van der Waals surface area contributed by atoms with Crippen LogP contribution < -0.4 is 9.47 Å². The molecule has 1 saturated carbocycles. The number of fused-ring (bicyclic) bond motifs is 2. The summed E-state index contributed by atoms with van der Waals surface area (Å²) in [5.41, 5.74) is 4.17. The summed E-state index contributed by atoms with van der Waals surface area (Å²) in [6.07, 6.45) is 14.6. The van der Waals surface area contributed by atoms with Gasteiger partial charge in [0.25, 0.3) is 0 Å². The van der Waals surface area contributed by atoms with Crippen LogP contribution in [0, 0.1) is 17.8 Å². The average molecular weight is 531 g/mol. The number of para-hydroxylation sites is 1. The molecule has 3 unspecified atom stereocenters. The molecule has 0 spiro atoms. The number of esters is 1. The lowest BCUT2D eigenvalue weighted by Crippen LogP contribution is -2.26. The summed E-state index contributed by atoms with van der Waals surface area (Å²) in [6, 6.07) is 25.3. The van der Waals surface area contributed by atoms with E-state index in [1.807, 2.05) is 42.5 Å². The number of rotatable bonds is 8. The van der Waals surface area contributed by atoms with Crippen molar-refractivity contribution in [1.82, 2.24) is 0 Å². The molecule has 2 bridgehead atoms. The van der Waals surface area contributed by atoms with E-state index in [0.29, 0.717) is 17.6 Å². The van der Waals surface area contributed by atoms with Crippen LogP contribution in [0.2, 0.25) is 0 Å². The van der Waals surface area contributed by atoms with Gasteiger partial charge in [-0.1, -0.05) is 107 Å². The second-order valence-corrected chi connectivity index (χ2v) is 12.5. The number of hydrogen-bond donors (Lipinski definition) is 0. The van der Waals surface area contributed by atoms with E-state index < -0.39 is 0 Å². The first-order valence-electron chi connectivity index (χ1n) is 14.4. The van der Waals surface area contributed by atoms with Crippen molar-refractivity contribution in [3.05, 3.63) is 132 Å². The van der Waals surface area contributed by atoms with Crippen molar-refractivity contribution in [3.8, 4) is 11.5 Å². The number of carbonyl (C=O) groups excluding carboxylic acids is 1. The number of carbonyl (C=O) groups is 1. The lowest BCUT2D eigenvalue weighted by Gasteiger charge is -2.30. The van der Waals surface area contributed by atoms with Gasteiger partial charge in [-0.25, -0.2) is 0 Å². The molecular weight excluding hydrogens is 492 g/mol. The van der Waals surface area contributed by atoms with E-state index in [2.05, 4.69) is 94.4 Å². The van der Waals surface area contributed by atoms with E-state index in [1.54, 1.807) is 0 Å². The van der Waals surface area contributed by atoms with Gasteiger partial charge in [0.05, 0.1) is 5.92 Å². The molecule has 3 atom stereocenters. The van der Waals surface area contributed by atoms with Crippen LogP contribution >= 0.6 is 0 Å². The fraction of sp³-hybridized carbons (Fsp3) is 0.324. The van der Waals surface area contributed by atoms with Gasteiger partial charge in [-0.15, -0.1) is 0 Å². The quantitative estimate of drug-likeness (QED) is 0.167. The number of hydrogen-bond acceptors (Lipinski definition) is 3. The molecule has 3 aromatic rings. The molecule has 0 heterocycles. The second-order valence-electron chi connectivity index (χ2n) is 12.5. The van der Waals surface area contributed by atoms with Crippen LogP contribution in [0.3, 0.4) is 0 Å². The Labute approximate surface area is 238 Å². The topological polar surface area (TPSA) is 35.5 Å². The molecule has 40 heavy (non-hydrogen) atoms. The van der Waals surface area contributed by atoms with Crippen LogP contribution in [0.5, 0.6) is 11.5 Å². The maximum absolute atomic E-state index is 13.1. The van der Waals surface area contributed by atoms with Crippen LogP contribution in [0.25, 0.3) is 0 Å². The Balaban J connectivity index is 1.19.